The molecule has 5 nitrogen and oxygen atoms in total. The van der Waals surface area contributed by atoms with Crippen LogP contribution in [0.1, 0.15) is 73.0 Å². The van der Waals surface area contributed by atoms with Crippen LogP contribution in [0.15, 0.2) is 30.6 Å². The molecule has 164 valence electrons. The fourth-order valence-corrected chi connectivity index (χ4v) is 4.71. The van der Waals surface area contributed by atoms with Crippen molar-refractivity contribution in [1.29, 1.82) is 0 Å². The lowest BCUT2D eigenvalue weighted by molar-refractivity contribution is -0.0459. The Balaban J connectivity index is 1.85. The number of rotatable bonds is 10. The minimum atomic E-state index is -0.192. The van der Waals surface area contributed by atoms with E-state index in [4.69, 9.17) is 20.4 Å². The second-order valence-electron chi connectivity index (χ2n) is 8.74. The monoisotopic (exact) mass is 410 g/mol. The molecule has 0 unspecified atom stereocenters. The van der Waals surface area contributed by atoms with Crippen molar-refractivity contribution in [3.05, 3.63) is 58.7 Å². The molecule has 0 amide bonds. The molecule has 1 aliphatic carbocycles. The average molecular weight is 411 g/mol. The fraction of sp³-hybridized carbons (Fsp3) is 0.600. The summed E-state index contributed by atoms with van der Waals surface area (Å²) in [4.78, 5) is 12.0. The molecule has 0 spiro atoms. The van der Waals surface area contributed by atoms with E-state index in [1.165, 1.54) is 36.0 Å². The molecular formula is C25H38N4O. The molecule has 0 radical (unpaired) electrons. The van der Waals surface area contributed by atoms with Crippen molar-refractivity contribution in [1.82, 2.24) is 14.9 Å². The van der Waals surface area contributed by atoms with E-state index in [0.29, 0.717) is 0 Å². The molecule has 2 aromatic rings. The Labute approximate surface area is 182 Å². The van der Waals surface area contributed by atoms with Crippen molar-refractivity contribution >= 4 is 0 Å². The Kier molecular flexibility index (Phi) is 8.37. The second kappa shape index (κ2) is 11.0. The van der Waals surface area contributed by atoms with Gasteiger partial charge in [0.2, 0.25) is 0 Å². The maximum Gasteiger partial charge on any atom is 0.0945 e. The van der Waals surface area contributed by atoms with Gasteiger partial charge in [-0.25, -0.2) is 0 Å². The predicted molar refractivity (Wildman–Crippen MR) is 122 cm³/mol. The largest absolute Gasteiger partial charge is 0.373 e. The minimum absolute atomic E-state index is 0.192. The van der Waals surface area contributed by atoms with Gasteiger partial charge in [0, 0.05) is 38.2 Å². The lowest BCUT2D eigenvalue weighted by atomic mass is 9.78. The number of pyridine rings is 2. The van der Waals surface area contributed by atoms with Gasteiger partial charge >= 0.3 is 0 Å². The standard InChI is InChI=1S/C25H38N4O/c1-20-16-21(2)23(28-17-20)18-29(15-8-7-13-26)19-24-22(10-9-14-27-24)25(30-3)11-5-4-6-12-25/h9-10,14,16-17H,4-8,11-13,15,18-19,26H2,1-3H3. The zero-order valence-electron chi connectivity index (χ0n) is 19.0. The quantitative estimate of drug-likeness (QED) is 0.578. The van der Waals surface area contributed by atoms with Crippen LogP contribution in [0.3, 0.4) is 0 Å². The Morgan fingerprint density at radius 3 is 2.53 bits per heavy atom. The van der Waals surface area contributed by atoms with E-state index in [1.807, 2.05) is 19.5 Å². The number of aryl methyl sites for hydroxylation is 2. The number of ether oxygens (including phenoxy) is 1. The van der Waals surface area contributed by atoms with Crippen LogP contribution in [0.2, 0.25) is 0 Å². The number of aromatic nitrogens is 2. The van der Waals surface area contributed by atoms with E-state index >= 15 is 0 Å². The Hall–Kier alpha value is -1.82. The number of methoxy groups -OCH3 is 1. The predicted octanol–water partition coefficient (Wildman–Crippen LogP) is 4.64. The van der Waals surface area contributed by atoms with Crippen molar-refractivity contribution in [2.75, 3.05) is 20.2 Å². The smallest absolute Gasteiger partial charge is 0.0945 e. The second-order valence-corrected chi connectivity index (χ2v) is 8.74. The first-order chi connectivity index (χ1) is 14.6. The highest BCUT2D eigenvalue weighted by atomic mass is 16.5. The lowest BCUT2D eigenvalue weighted by Gasteiger charge is -2.38. The summed E-state index contributed by atoms with van der Waals surface area (Å²) in [6, 6.07) is 6.50. The molecule has 1 saturated carbocycles. The van der Waals surface area contributed by atoms with Gasteiger partial charge < -0.3 is 10.5 Å². The number of nitrogens with zero attached hydrogens (tertiary/aromatic N) is 3. The van der Waals surface area contributed by atoms with Crippen molar-refractivity contribution in [2.45, 2.75) is 77.5 Å². The van der Waals surface area contributed by atoms with Crippen molar-refractivity contribution in [2.24, 2.45) is 5.73 Å². The maximum absolute atomic E-state index is 6.15. The van der Waals surface area contributed by atoms with Gasteiger partial charge in [-0.2, -0.15) is 0 Å². The van der Waals surface area contributed by atoms with Gasteiger partial charge in [0.25, 0.3) is 0 Å². The van der Waals surface area contributed by atoms with Gasteiger partial charge in [-0.05, 0) is 69.8 Å². The molecule has 1 aliphatic rings. The third-order valence-electron chi connectivity index (χ3n) is 6.43. The van der Waals surface area contributed by atoms with Crippen LogP contribution >= 0.6 is 0 Å². The van der Waals surface area contributed by atoms with Crippen LogP contribution in [-0.2, 0) is 23.4 Å². The van der Waals surface area contributed by atoms with E-state index in [1.54, 1.807) is 0 Å². The first kappa shape index (κ1) is 22.9. The summed E-state index contributed by atoms with van der Waals surface area (Å²) in [5, 5.41) is 0. The van der Waals surface area contributed by atoms with E-state index in [2.05, 4.69) is 36.9 Å². The first-order valence-corrected chi connectivity index (χ1v) is 11.4. The summed E-state index contributed by atoms with van der Waals surface area (Å²) >= 11 is 0. The summed E-state index contributed by atoms with van der Waals surface area (Å²) < 4.78 is 6.15. The van der Waals surface area contributed by atoms with Crippen molar-refractivity contribution in [3.63, 3.8) is 0 Å². The highest BCUT2D eigenvalue weighted by molar-refractivity contribution is 5.28. The van der Waals surface area contributed by atoms with E-state index in [9.17, 15) is 0 Å². The van der Waals surface area contributed by atoms with Gasteiger partial charge in [-0.1, -0.05) is 31.4 Å². The SMILES string of the molecule is COC1(c2cccnc2CN(CCCCN)Cc2ncc(C)cc2C)CCCCC1. The molecule has 2 N–H and O–H groups in total. The topological polar surface area (TPSA) is 64.3 Å². The lowest BCUT2D eigenvalue weighted by Crippen LogP contribution is -2.34. The highest BCUT2D eigenvalue weighted by Gasteiger charge is 2.36. The van der Waals surface area contributed by atoms with Crippen LogP contribution in [0.5, 0.6) is 0 Å². The summed E-state index contributed by atoms with van der Waals surface area (Å²) in [5.74, 6) is 0. The Bertz CT molecular complexity index is 801. The summed E-state index contributed by atoms with van der Waals surface area (Å²) in [6.45, 7) is 7.60. The van der Waals surface area contributed by atoms with Crippen molar-refractivity contribution in [3.8, 4) is 0 Å². The van der Waals surface area contributed by atoms with Gasteiger partial charge in [-0.3, -0.25) is 14.9 Å². The molecule has 5 heteroatoms. The number of nitrogens with two attached hydrogens (primary N) is 1. The molecule has 2 heterocycles. The zero-order chi connectivity index (χ0) is 21.4. The van der Waals surface area contributed by atoms with Gasteiger partial charge in [0.1, 0.15) is 0 Å². The Morgan fingerprint density at radius 2 is 1.83 bits per heavy atom. The summed E-state index contributed by atoms with van der Waals surface area (Å²) in [7, 11) is 1.86. The van der Waals surface area contributed by atoms with Gasteiger partial charge in [0.05, 0.1) is 17.0 Å². The third kappa shape index (κ3) is 5.65. The third-order valence-corrected chi connectivity index (χ3v) is 6.43. The molecule has 1 fully saturated rings. The van der Waals surface area contributed by atoms with Crippen LogP contribution in [0, 0.1) is 13.8 Å². The van der Waals surface area contributed by atoms with Crippen LogP contribution in [0.25, 0.3) is 0 Å². The molecular weight excluding hydrogens is 372 g/mol. The fourth-order valence-electron chi connectivity index (χ4n) is 4.71. The van der Waals surface area contributed by atoms with E-state index < -0.39 is 0 Å². The van der Waals surface area contributed by atoms with Crippen LogP contribution < -0.4 is 5.73 Å². The van der Waals surface area contributed by atoms with Crippen molar-refractivity contribution < 1.29 is 4.74 Å². The number of hydrogen-bond acceptors (Lipinski definition) is 5. The average Bonchev–Trinajstić information content (AvgIpc) is 2.76. The molecule has 3 rings (SSSR count). The molecule has 0 saturated heterocycles. The van der Waals surface area contributed by atoms with Crippen LogP contribution in [0.4, 0.5) is 0 Å². The molecule has 0 atom stereocenters. The minimum Gasteiger partial charge on any atom is -0.373 e. The normalized spacial score (nSPS) is 16.2. The number of unbranched alkanes of at least 4 members (excludes halogenated alkanes) is 1. The van der Waals surface area contributed by atoms with Gasteiger partial charge in [0.15, 0.2) is 0 Å². The summed E-state index contributed by atoms with van der Waals surface area (Å²) in [6.07, 6.45) is 11.9. The molecule has 0 bridgehead atoms. The maximum atomic E-state index is 6.15. The summed E-state index contributed by atoms with van der Waals surface area (Å²) in [5.41, 5.74) is 11.6. The molecule has 2 aromatic heterocycles. The number of hydrogen-bond donors (Lipinski definition) is 1. The highest BCUT2D eigenvalue weighted by Crippen LogP contribution is 2.41. The van der Waals surface area contributed by atoms with E-state index in [-0.39, 0.29) is 5.60 Å². The Morgan fingerprint density at radius 1 is 1.07 bits per heavy atom. The molecule has 30 heavy (non-hydrogen) atoms. The van der Waals surface area contributed by atoms with Gasteiger partial charge in [-0.15, -0.1) is 0 Å². The zero-order valence-corrected chi connectivity index (χ0v) is 19.0. The van der Waals surface area contributed by atoms with Crippen LogP contribution in [-0.4, -0.2) is 35.1 Å². The molecule has 0 aliphatic heterocycles. The first-order valence-electron chi connectivity index (χ1n) is 11.4. The molecule has 0 aromatic carbocycles. The van der Waals surface area contributed by atoms with E-state index in [0.717, 1.165) is 63.3 Å².